The lowest BCUT2D eigenvalue weighted by atomic mass is 10.0. The second-order valence-corrected chi connectivity index (χ2v) is 2.71. The van der Waals surface area contributed by atoms with Crippen molar-refractivity contribution in [1.29, 1.82) is 5.26 Å². The number of hydrogen-bond acceptors (Lipinski definition) is 4. The van der Waals surface area contributed by atoms with Gasteiger partial charge in [0.1, 0.15) is 0 Å². The molecule has 0 bridgehead atoms. The number of methoxy groups -OCH3 is 1. The highest BCUT2D eigenvalue weighted by Gasteiger charge is 2.18. The van der Waals surface area contributed by atoms with Crippen LogP contribution in [0.15, 0.2) is 0 Å². The zero-order valence-electron chi connectivity index (χ0n) is 6.92. The van der Waals surface area contributed by atoms with E-state index in [4.69, 9.17) is 10.00 Å². The van der Waals surface area contributed by atoms with Crippen LogP contribution in [0.1, 0.15) is 13.3 Å². The Hall–Kier alpha value is -0.790. The summed E-state index contributed by atoms with van der Waals surface area (Å²) in [5, 5.41) is 20.0. The molecule has 1 atom stereocenters. The quantitative estimate of drug-likeness (QED) is 0.431. The minimum Gasteiger partial charge on any atom is -0.388 e. The van der Waals surface area contributed by atoms with Crippen molar-refractivity contribution < 1.29 is 9.84 Å². The molecule has 0 heterocycles. The summed E-state index contributed by atoms with van der Waals surface area (Å²) in [6.07, 6.45) is 2.28. The Balaban J connectivity index is 3.54. The van der Waals surface area contributed by atoms with E-state index in [9.17, 15) is 5.11 Å². The maximum Gasteiger partial charge on any atom is 0.176 e. The Bertz CT molecular complexity index is 140. The molecule has 0 aromatic carbocycles. The van der Waals surface area contributed by atoms with Crippen LogP contribution in [-0.4, -0.2) is 31.0 Å². The summed E-state index contributed by atoms with van der Waals surface area (Å²) in [5.74, 6) is 0. The normalized spacial score (nSPS) is 15.1. The molecule has 0 aliphatic carbocycles. The summed E-state index contributed by atoms with van der Waals surface area (Å²) in [6.45, 7) is 2.43. The molecule has 2 N–H and O–H groups in total. The molecule has 0 fully saturated rings. The number of hydrogen-bond donors (Lipinski definition) is 2. The van der Waals surface area contributed by atoms with Gasteiger partial charge < -0.3 is 15.2 Å². The molecule has 0 spiro atoms. The highest BCUT2D eigenvalue weighted by molar-refractivity contribution is 4.79. The Morgan fingerprint density at radius 3 is 2.82 bits per heavy atom. The maximum absolute atomic E-state index is 9.48. The Morgan fingerprint density at radius 1 is 1.73 bits per heavy atom. The smallest absolute Gasteiger partial charge is 0.176 e. The first-order valence-corrected chi connectivity index (χ1v) is 3.45. The number of ether oxygens (including phenoxy) is 1. The van der Waals surface area contributed by atoms with Crippen molar-refractivity contribution in [1.82, 2.24) is 5.32 Å². The van der Waals surface area contributed by atoms with Crippen molar-refractivity contribution in [3.05, 3.63) is 0 Å². The van der Waals surface area contributed by atoms with Crippen molar-refractivity contribution in [2.45, 2.75) is 18.9 Å². The van der Waals surface area contributed by atoms with Crippen LogP contribution in [0.2, 0.25) is 0 Å². The van der Waals surface area contributed by atoms with Gasteiger partial charge in [0.2, 0.25) is 0 Å². The molecule has 4 nitrogen and oxygen atoms in total. The van der Waals surface area contributed by atoms with E-state index in [0.717, 1.165) is 0 Å². The van der Waals surface area contributed by atoms with Gasteiger partial charge in [-0.05, 0) is 6.92 Å². The molecule has 0 aliphatic rings. The maximum atomic E-state index is 9.48. The van der Waals surface area contributed by atoms with Crippen molar-refractivity contribution in [2.24, 2.45) is 0 Å². The molecular weight excluding hydrogens is 144 g/mol. The van der Waals surface area contributed by atoms with Crippen LogP contribution in [0.4, 0.5) is 0 Å². The molecule has 0 aliphatic heterocycles. The summed E-state index contributed by atoms with van der Waals surface area (Å²) in [4.78, 5) is 0. The van der Waals surface area contributed by atoms with E-state index in [1.54, 1.807) is 20.2 Å². The molecular formula is C7H14N2O2. The van der Waals surface area contributed by atoms with Gasteiger partial charge in [-0.15, -0.1) is 0 Å². The standard InChI is InChI=1S/C7H14N2O2/c1-7(10,3-4-11-2)5-9-6-8/h9-10H,3-5H2,1-2H3. The van der Waals surface area contributed by atoms with Crippen molar-refractivity contribution in [3.63, 3.8) is 0 Å². The third kappa shape index (κ3) is 5.64. The first-order valence-electron chi connectivity index (χ1n) is 3.45. The van der Waals surface area contributed by atoms with Gasteiger partial charge in [-0.25, -0.2) is 0 Å². The zero-order valence-corrected chi connectivity index (χ0v) is 6.92. The number of nitriles is 1. The zero-order chi connectivity index (χ0) is 8.74. The third-order valence-corrected chi connectivity index (χ3v) is 1.39. The van der Waals surface area contributed by atoms with Crippen LogP contribution >= 0.6 is 0 Å². The number of nitrogens with zero attached hydrogens (tertiary/aromatic N) is 1. The van der Waals surface area contributed by atoms with Crippen LogP contribution < -0.4 is 5.32 Å². The monoisotopic (exact) mass is 158 g/mol. The highest BCUT2D eigenvalue weighted by Crippen LogP contribution is 2.06. The lowest BCUT2D eigenvalue weighted by Crippen LogP contribution is -2.36. The van der Waals surface area contributed by atoms with Gasteiger partial charge in [0.15, 0.2) is 6.19 Å². The van der Waals surface area contributed by atoms with Gasteiger partial charge in [0, 0.05) is 20.1 Å². The summed E-state index contributed by atoms with van der Waals surface area (Å²) in [5.41, 5.74) is -0.855. The fourth-order valence-corrected chi connectivity index (χ4v) is 0.640. The lowest BCUT2D eigenvalue weighted by molar-refractivity contribution is 0.0280. The van der Waals surface area contributed by atoms with Gasteiger partial charge in [0.05, 0.1) is 12.1 Å². The number of rotatable bonds is 5. The van der Waals surface area contributed by atoms with E-state index in [0.29, 0.717) is 13.0 Å². The van der Waals surface area contributed by atoms with Gasteiger partial charge in [-0.2, -0.15) is 5.26 Å². The molecule has 0 amide bonds. The minimum atomic E-state index is -0.855. The van der Waals surface area contributed by atoms with E-state index in [1.807, 2.05) is 0 Å². The lowest BCUT2D eigenvalue weighted by Gasteiger charge is -2.21. The largest absolute Gasteiger partial charge is 0.388 e. The SMILES string of the molecule is COCCC(C)(O)CNC#N. The molecule has 11 heavy (non-hydrogen) atoms. The van der Waals surface area contributed by atoms with Crippen molar-refractivity contribution >= 4 is 0 Å². The minimum absolute atomic E-state index is 0.271. The van der Waals surface area contributed by atoms with Crippen LogP contribution in [-0.2, 0) is 4.74 Å². The van der Waals surface area contributed by atoms with Crippen LogP contribution in [0.25, 0.3) is 0 Å². The van der Waals surface area contributed by atoms with Crippen LogP contribution in [0.3, 0.4) is 0 Å². The predicted octanol–water partition coefficient (Wildman–Crippen LogP) is -0.155. The first-order chi connectivity index (χ1) is 5.12. The van der Waals surface area contributed by atoms with E-state index in [2.05, 4.69) is 5.32 Å². The molecule has 1 unspecified atom stereocenters. The summed E-state index contributed by atoms with van der Waals surface area (Å²) in [6, 6.07) is 0. The van der Waals surface area contributed by atoms with E-state index < -0.39 is 5.60 Å². The van der Waals surface area contributed by atoms with Gasteiger partial charge in [-0.3, -0.25) is 0 Å². The fraction of sp³-hybridized carbons (Fsp3) is 0.857. The topological polar surface area (TPSA) is 65.3 Å². The van der Waals surface area contributed by atoms with E-state index >= 15 is 0 Å². The average molecular weight is 158 g/mol. The van der Waals surface area contributed by atoms with Gasteiger partial charge in [-0.1, -0.05) is 0 Å². The molecule has 64 valence electrons. The predicted molar refractivity (Wildman–Crippen MR) is 40.7 cm³/mol. The summed E-state index contributed by atoms with van der Waals surface area (Å²) in [7, 11) is 1.58. The van der Waals surface area contributed by atoms with Gasteiger partial charge in [0.25, 0.3) is 0 Å². The van der Waals surface area contributed by atoms with Crippen LogP contribution in [0.5, 0.6) is 0 Å². The molecule has 0 radical (unpaired) electrons. The van der Waals surface area contributed by atoms with Crippen LogP contribution in [0, 0.1) is 11.5 Å². The molecule has 0 aromatic heterocycles. The van der Waals surface area contributed by atoms with Crippen molar-refractivity contribution in [2.75, 3.05) is 20.3 Å². The number of aliphatic hydroxyl groups is 1. The fourth-order valence-electron chi connectivity index (χ4n) is 0.640. The van der Waals surface area contributed by atoms with E-state index in [1.165, 1.54) is 0 Å². The highest BCUT2D eigenvalue weighted by atomic mass is 16.5. The average Bonchev–Trinajstić information content (AvgIpc) is 1.97. The Kier molecular flexibility index (Phi) is 4.59. The summed E-state index contributed by atoms with van der Waals surface area (Å²) < 4.78 is 4.79. The second kappa shape index (κ2) is 4.94. The Morgan fingerprint density at radius 2 is 2.36 bits per heavy atom. The van der Waals surface area contributed by atoms with Gasteiger partial charge >= 0.3 is 0 Å². The Labute approximate surface area is 66.8 Å². The molecule has 0 saturated heterocycles. The van der Waals surface area contributed by atoms with Crippen molar-refractivity contribution in [3.8, 4) is 6.19 Å². The molecule has 0 aromatic rings. The molecule has 0 rings (SSSR count). The number of nitrogens with one attached hydrogen (secondary N) is 1. The molecule has 0 saturated carbocycles. The second-order valence-electron chi connectivity index (χ2n) is 2.71. The summed E-state index contributed by atoms with van der Waals surface area (Å²) >= 11 is 0. The third-order valence-electron chi connectivity index (χ3n) is 1.39. The van der Waals surface area contributed by atoms with E-state index in [-0.39, 0.29) is 6.54 Å². The molecule has 4 heteroatoms. The first kappa shape index (κ1) is 10.2.